The minimum Gasteiger partial charge on any atom is -0.346 e. The molecule has 0 spiro atoms. The van der Waals surface area contributed by atoms with Crippen LogP contribution in [0.5, 0.6) is 0 Å². The second-order valence-electron chi connectivity index (χ2n) is 7.65. The molecule has 2 aliphatic rings. The van der Waals surface area contributed by atoms with Gasteiger partial charge in [-0.25, -0.2) is 9.69 Å². The number of aryl methyl sites for hydroxylation is 1. The molecule has 7 nitrogen and oxygen atoms in total. The smallest absolute Gasteiger partial charge is 0.335 e. The summed E-state index contributed by atoms with van der Waals surface area (Å²) in [6.45, 7) is 4.07. The van der Waals surface area contributed by atoms with E-state index in [2.05, 4.69) is 21.8 Å². The number of pyridine rings is 1. The molecule has 4 amide bonds. The van der Waals surface area contributed by atoms with Crippen LogP contribution in [0, 0.1) is 13.8 Å². The topological polar surface area (TPSA) is 84.3 Å². The molecule has 29 heavy (non-hydrogen) atoms. The first-order chi connectivity index (χ1) is 14.0. The molecule has 0 aromatic carbocycles. The van der Waals surface area contributed by atoms with Crippen molar-refractivity contribution in [3.05, 3.63) is 53.1 Å². The maximum absolute atomic E-state index is 13.0. The fraction of sp³-hybridized carbons (Fsp3) is 0.364. The van der Waals surface area contributed by atoms with E-state index in [1.165, 1.54) is 31.7 Å². The van der Waals surface area contributed by atoms with E-state index in [1.807, 2.05) is 13.0 Å². The SMILES string of the molecule is Cc1cc(/C=C2\C(=O)NC(=O)N(c3ccncc3)C2=O)c(C)n1C1CCCCC1. The molecule has 1 saturated heterocycles. The normalized spacial score (nSPS) is 19.7. The monoisotopic (exact) mass is 392 g/mol. The predicted molar refractivity (Wildman–Crippen MR) is 109 cm³/mol. The standard InChI is InChI=1S/C22H24N4O3/c1-14-12-16(15(2)25(14)17-6-4-3-5-7-17)13-19-20(27)24-22(29)26(21(19)28)18-8-10-23-11-9-18/h8-13,17H,3-7H2,1-2H3,(H,24,27,29)/b19-13+. The highest BCUT2D eigenvalue weighted by molar-refractivity contribution is 6.39. The van der Waals surface area contributed by atoms with Crippen LogP contribution in [0.2, 0.25) is 0 Å². The highest BCUT2D eigenvalue weighted by atomic mass is 16.2. The number of hydrogen-bond donors (Lipinski definition) is 1. The van der Waals surface area contributed by atoms with Crippen molar-refractivity contribution in [1.82, 2.24) is 14.9 Å². The van der Waals surface area contributed by atoms with Gasteiger partial charge in [-0.3, -0.25) is 19.9 Å². The van der Waals surface area contributed by atoms with Gasteiger partial charge < -0.3 is 4.57 Å². The van der Waals surface area contributed by atoms with Gasteiger partial charge in [-0.2, -0.15) is 0 Å². The van der Waals surface area contributed by atoms with Crippen molar-refractivity contribution in [2.24, 2.45) is 0 Å². The summed E-state index contributed by atoms with van der Waals surface area (Å²) in [5, 5.41) is 2.26. The van der Waals surface area contributed by atoms with Gasteiger partial charge in [0.2, 0.25) is 0 Å². The highest BCUT2D eigenvalue weighted by Crippen LogP contribution is 2.33. The summed E-state index contributed by atoms with van der Waals surface area (Å²) in [4.78, 5) is 42.6. The van der Waals surface area contributed by atoms with Gasteiger partial charge in [0.05, 0.1) is 5.69 Å². The molecule has 2 aromatic heterocycles. The lowest BCUT2D eigenvalue weighted by Gasteiger charge is -2.27. The van der Waals surface area contributed by atoms with Crippen LogP contribution in [-0.2, 0) is 9.59 Å². The molecule has 7 heteroatoms. The molecule has 3 heterocycles. The average Bonchev–Trinajstić information content (AvgIpc) is 2.99. The number of barbiturate groups is 1. The van der Waals surface area contributed by atoms with E-state index in [0.29, 0.717) is 11.7 Å². The van der Waals surface area contributed by atoms with Crippen molar-refractivity contribution in [1.29, 1.82) is 0 Å². The summed E-state index contributed by atoms with van der Waals surface area (Å²) in [6, 6.07) is 4.82. The molecule has 0 bridgehead atoms. The zero-order valence-electron chi connectivity index (χ0n) is 16.6. The minimum absolute atomic E-state index is 0.0506. The molecule has 0 radical (unpaired) electrons. The second-order valence-corrected chi connectivity index (χ2v) is 7.65. The van der Waals surface area contributed by atoms with Gasteiger partial charge >= 0.3 is 6.03 Å². The second kappa shape index (κ2) is 7.66. The van der Waals surface area contributed by atoms with Gasteiger partial charge in [0.25, 0.3) is 11.8 Å². The fourth-order valence-electron chi connectivity index (χ4n) is 4.39. The van der Waals surface area contributed by atoms with E-state index in [-0.39, 0.29) is 5.57 Å². The molecule has 4 rings (SSSR count). The van der Waals surface area contributed by atoms with E-state index >= 15 is 0 Å². The van der Waals surface area contributed by atoms with Gasteiger partial charge in [0, 0.05) is 29.8 Å². The third kappa shape index (κ3) is 3.48. The third-order valence-electron chi connectivity index (χ3n) is 5.79. The van der Waals surface area contributed by atoms with Crippen LogP contribution in [0.3, 0.4) is 0 Å². The fourth-order valence-corrected chi connectivity index (χ4v) is 4.39. The Morgan fingerprint density at radius 2 is 1.76 bits per heavy atom. The number of nitrogens with one attached hydrogen (secondary N) is 1. The van der Waals surface area contributed by atoms with Crippen molar-refractivity contribution in [3.63, 3.8) is 0 Å². The first kappa shape index (κ1) is 19.1. The Morgan fingerprint density at radius 3 is 2.45 bits per heavy atom. The number of hydrogen-bond acceptors (Lipinski definition) is 4. The van der Waals surface area contributed by atoms with Crippen molar-refractivity contribution in [3.8, 4) is 0 Å². The Morgan fingerprint density at radius 1 is 1.07 bits per heavy atom. The molecule has 1 aliphatic heterocycles. The van der Waals surface area contributed by atoms with Crippen molar-refractivity contribution in [2.75, 3.05) is 4.90 Å². The van der Waals surface area contributed by atoms with Gasteiger partial charge in [0.1, 0.15) is 5.57 Å². The van der Waals surface area contributed by atoms with Gasteiger partial charge in [-0.15, -0.1) is 0 Å². The lowest BCUT2D eigenvalue weighted by atomic mass is 9.95. The Bertz CT molecular complexity index is 1000. The Labute approximate surface area is 169 Å². The summed E-state index contributed by atoms with van der Waals surface area (Å²) in [7, 11) is 0. The summed E-state index contributed by atoms with van der Waals surface area (Å²) >= 11 is 0. The number of amides is 4. The molecule has 0 unspecified atom stereocenters. The maximum atomic E-state index is 13.0. The minimum atomic E-state index is -0.754. The molecule has 2 fully saturated rings. The van der Waals surface area contributed by atoms with Gasteiger partial charge in [0.15, 0.2) is 0 Å². The summed E-state index contributed by atoms with van der Waals surface area (Å²) in [6.07, 6.45) is 10.6. The summed E-state index contributed by atoms with van der Waals surface area (Å²) in [5.41, 5.74) is 3.30. The lowest BCUT2D eigenvalue weighted by Crippen LogP contribution is -2.54. The quantitative estimate of drug-likeness (QED) is 0.638. The van der Waals surface area contributed by atoms with Crippen LogP contribution < -0.4 is 10.2 Å². The summed E-state index contributed by atoms with van der Waals surface area (Å²) < 4.78 is 2.32. The highest BCUT2D eigenvalue weighted by Gasteiger charge is 2.37. The number of anilines is 1. The van der Waals surface area contributed by atoms with Crippen molar-refractivity contribution in [2.45, 2.75) is 52.0 Å². The molecule has 150 valence electrons. The molecule has 1 N–H and O–H groups in total. The molecule has 1 aliphatic carbocycles. The van der Waals surface area contributed by atoms with Crippen LogP contribution in [0.4, 0.5) is 10.5 Å². The largest absolute Gasteiger partial charge is 0.346 e. The zero-order valence-corrected chi connectivity index (χ0v) is 16.6. The first-order valence-electron chi connectivity index (χ1n) is 9.97. The van der Waals surface area contributed by atoms with E-state index in [4.69, 9.17) is 0 Å². The molecule has 0 atom stereocenters. The Hall–Kier alpha value is -3.22. The molecular formula is C22H24N4O3. The number of imide groups is 2. The number of rotatable bonds is 3. The molecule has 1 saturated carbocycles. The zero-order chi connectivity index (χ0) is 20.5. The van der Waals surface area contributed by atoms with Crippen molar-refractivity contribution < 1.29 is 14.4 Å². The first-order valence-corrected chi connectivity index (χ1v) is 9.97. The predicted octanol–water partition coefficient (Wildman–Crippen LogP) is 3.67. The van der Waals surface area contributed by atoms with Crippen LogP contribution in [-0.4, -0.2) is 27.4 Å². The third-order valence-corrected chi connectivity index (χ3v) is 5.79. The van der Waals surface area contributed by atoms with Crippen LogP contribution in [0.1, 0.15) is 55.1 Å². The van der Waals surface area contributed by atoms with Crippen LogP contribution in [0.25, 0.3) is 6.08 Å². The Kier molecular flexibility index (Phi) is 5.05. The summed E-state index contributed by atoms with van der Waals surface area (Å²) in [5.74, 6) is -1.31. The number of nitrogens with zero attached hydrogens (tertiary/aromatic N) is 3. The number of carbonyl (C=O) groups is 3. The van der Waals surface area contributed by atoms with Gasteiger partial charge in [-0.05, 0) is 56.5 Å². The van der Waals surface area contributed by atoms with Gasteiger partial charge in [-0.1, -0.05) is 19.3 Å². The average molecular weight is 392 g/mol. The lowest BCUT2D eigenvalue weighted by molar-refractivity contribution is -0.122. The van der Waals surface area contributed by atoms with Crippen LogP contribution in [0.15, 0.2) is 36.2 Å². The number of carbonyl (C=O) groups excluding carboxylic acids is 3. The van der Waals surface area contributed by atoms with E-state index in [1.54, 1.807) is 18.2 Å². The van der Waals surface area contributed by atoms with Crippen LogP contribution >= 0.6 is 0 Å². The van der Waals surface area contributed by atoms with E-state index in [0.717, 1.165) is 34.7 Å². The maximum Gasteiger partial charge on any atom is 0.335 e. The molecular weight excluding hydrogens is 368 g/mol. The van der Waals surface area contributed by atoms with Crippen molar-refractivity contribution >= 4 is 29.6 Å². The number of urea groups is 1. The molecule has 2 aromatic rings. The number of aromatic nitrogens is 2. The van der Waals surface area contributed by atoms with E-state index in [9.17, 15) is 14.4 Å². The Balaban J connectivity index is 1.71. The van der Waals surface area contributed by atoms with E-state index < -0.39 is 17.8 Å².